The van der Waals surface area contributed by atoms with Crippen molar-refractivity contribution in [3.05, 3.63) is 21.3 Å². The van der Waals surface area contributed by atoms with E-state index in [-0.39, 0.29) is 11.0 Å². The third-order valence-corrected chi connectivity index (χ3v) is 7.54. The van der Waals surface area contributed by atoms with E-state index < -0.39 is 15.1 Å². The van der Waals surface area contributed by atoms with Gasteiger partial charge in [0.15, 0.2) is 15.6 Å². The van der Waals surface area contributed by atoms with Crippen LogP contribution in [-0.4, -0.2) is 24.7 Å². The molecule has 0 aromatic carbocycles. The Morgan fingerprint density at radius 1 is 1.32 bits per heavy atom. The molecule has 0 spiro atoms. The fourth-order valence-corrected chi connectivity index (χ4v) is 5.62. The smallest absolute Gasteiger partial charge is 0.190 e. The van der Waals surface area contributed by atoms with E-state index in [1.165, 1.54) is 6.92 Å². The Morgan fingerprint density at radius 3 is 2.47 bits per heavy atom. The lowest BCUT2D eigenvalue weighted by atomic mass is 10.0. The Hall–Kier alpha value is -0.390. The van der Waals surface area contributed by atoms with Gasteiger partial charge in [0.05, 0.1) is 14.5 Å². The van der Waals surface area contributed by atoms with Crippen molar-refractivity contribution in [3.63, 3.8) is 0 Å². The lowest BCUT2D eigenvalue weighted by molar-refractivity contribution is 0.0995. The topological polar surface area (TPSA) is 51.2 Å². The second kappa shape index (κ2) is 5.94. The molecule has 1 aromatic heterocycles. The number of hydrogen-bond donors (Lipinski definition) is 0. The molecule has 1 aliphatic rings. The van der Waals surface area contributed by atoms with Crippen LogP contribution < -0.4 is 0 Å². The molecule has 1 heterocycles. The maximum atomic E-state index is 12.5. The fourth-order valence-electron chi connectivity index (χ4n) is 2.48. The predicted octanol–water partition coefficient (Wildman–Crippen LogP) is 3.72. The first-order valence-corrected chi connectivity index (χ1v) is 9.25. The Bertz CT molecular complexity index is 556. The molecular weight excluding hydrogens is 304 g/mol. The molecule has 0 saturated heterocycles. The van der Waals surface area contributed by atoms with Gasteiger partial charge in [-0.15, -0.1) is 11.3 Å². The molecule has 0 N–H and O–H groups in total. The number of sulfone groups is 1. The summed E-state index contributed by atoms with van der Waals surface area (Å²) in [5, 5.41) is -1.32. The van der Waals surface area contributed by atoms with Gasteiger partial charge in [0.2, 0.25) is 0 Å². The number of hydrogen-bond acceptors (Lipinski definition) is 4. The molecule has 0 bridgehead atoms. The summed E-state index contributed by atoms with van der Waals surface area (Å²) in [6.45, 7) is 1.50. The van der Waals surface area contributed by atoms with Gasteiger partial charge in [-0.25, -0.2) is 8.42 Å². The Balaban J connectivity index is 2.17. The first kappa shape index (κ1) is 15.0. The van der Waals surface area contributed by atoms with E-state index in [0.717, 1.165) is 30.6 Å². The molecule has 1 unspecified atom stereocenters. The second-order valence-electron chi connectivity index (χ2n) is 4.96. The van der Waals surface area contributed by atoms with Gasteiger partial charge in [-0.2, -0.15) is 0 Å². The average Bonchev–Trinajstić information content (AvgIpc) is 2.84. The molecule has 1 aromatic rings. The normalized spacial score (nSPS) is 19.3. The van der Waals surface area contributed by atoms with E-state index in [1.54, 1.807) is 12.1 Å². The zero-order valence-electron chi connectivity index (χ0n) is 10.8. The summed E-state index contributed by atoms with van der Waals surface area (Å²) in [5.41, 5.74) is 0. The van der Waals surface area contributed by atoms with Crippen LogP contribution in [0.4, 0.5) is 0 Å². The van der Waals surface area contributed by atoms with E-state index in [4.69, 9.17) is 11.6 Å². The molecule has 2 rings (SSSR count). The second-order valence-corrected chi connectivity index (χ2v) is 9.23. The maximum absolute atomic E-state index is 12.5. The highest BCUT2D eigenvalue weighted by atomic mass is 35.5. The summed E-state index contributed by atoms with van der Waals surface area (Å²) in [6, 6.07) is 3.22. The summed E-state index contributed by atoms with van der Waals surface area (Å²) >= 11 is 6.93. The van der Waals surface area contributed by atoms with E-state index in [0.29, 0.717) is 22.1 Å². The number of Topliss-reactive ketones (excluding diaryl/α,β-unsaturated/α-hetero) is 1. The van der Waals surface area contributed by atoms with Crippen LogP contribution in [0.25, 0.3) is 0 Å². The zero-order chi connectivity index (χ0) is 14.0. The minimum atomic E-state index is -3.39. The SMILES string of the molecule is CC(C(=O)c1ccc(Cl)s1)S(=O)(=O)C1CCCCC1. The van der Waals surface area contributed by atoms with Crippen molar-refractivity contribution in [2.45, 2.75) is 49.5 Å². The van der Waals surface area contributed by atoms with Gasteiger partial charge >= 0.3 is 0 Å². The van der Waals surface area contributed by atoms with Gasteiger partial charge in [-0.05, 0) is 31.9 Å². The molecule has 3 nitrogen and oxygen atoms in total. The maximum Gasteiger partial charge on any atom is 0.190 e. The van der Waals surface area contributed by atoms with Gasteiger partial charge in [-0.3, -0.25) is 4.79 Å². The van der Waals surface area contributed by atoms with Crippen LogP contribution in [-0.2, 0) is 9.84 Å². The van der Waals surface area contributed by atoms with Crippen LogP contribution in [0.2, 0.25) is 4.34 Å². The zero-order valence-corrected chi connectivity index (χ0v) is 13.2. The first-order chi connectivity index (χ1) is 8.93. The van der Waals surface area contributed by atoms with Gasteiger partial charge in [0.25, 0.3) is 0 Å². The lowest BCUT2D eigenvalue weighted by Gasteiger charge is -2.24. The van der Waals surface area contributed by atoms with E-state index in [9.17, 15) is 13.2 Å². The van der Waals surface area contributed by atoms with Crippen LogP contribution in [0.5, 0.6) is 0 Å². The lowest BCUT2D eigenvalue weighted by Crippen LogP contribution is -2.36. The molecule has 1 fully saturated rings. The highest BCUT2D eigenvalue weighted by Gasteiger charge is 2.36. The summed E-state index contributed by atoms with van der Waals surface area (Å²) in [4.78, 5) is 12.6. The molecule has 0 amide bonds. The third-order valence-electron chi connectivity index (χ3n) is 3.69. The Labute approximate surface area is 122 Å². The minimum absolute atomic E-state index is 0.331. The van der Waals surface area contributed by atoms with Crippen molar-refractivity contribution < 1.29 is 13.2 Å². The van der Waals surface area contributed by atoms with Gasteiger partial charge < -0.3 is 0 Å². The monoisotopic (exact) mass is 320 g/mol. The summed E-state index contributed by atoms with van der Waals surface area (Å²) < 4.78 is 25.4. The van der Waals surface area contributed by atoms with Crippen molar-refractivity contribution in [1.82, 2.24) is 0 Å². The summed E-state index contributed by atoms with van der Waals surface area (Å²) in [5.74, 6) is -0.331. The Kier molecular flexibility index (Phi) is 4.69. The summed E-state index contributed by atoms with van der Waals surface area (Å²) in [6.07, 6.45) is 4.34. The van der Waals surface area contributed by atoms with Crippen LogP contribution >= 0.6 is 22.9 Å². The number of carbonyl (C=O) groups is 1. The number of thiophene rings is 1. The van der Waals surface area contributed by atoms with Crippen molar-refractivity contribution in [1.29, 1.82) is 0 Å². The summed E-state index contributed by atoms with van der Waals surface area (Å²) in [7, 11) is -3.39. The minimum Gasteiger partial charge on any atom is -0.292 e. The molecule has 6 heteroatoms. The molecule has 1 aliphatic carbocycles. The molecule has 106 valence electrons. The van der Waals surface area contributed by atoms with Crippen molar-refractivity contribution in [2.75, 3.05) is 0 Å². The third kappa shape index (κ3) is 3.20. The largest absolute Gasteiger partial charge is 0.292 e. The van der Waals surface area contributed by atoms with Crippen molar-refractivity contribution >= 4 is 38.6 Å². The van der Waals surface area contributed by atoms with E-state index in [2.05, 4.69) is 0 Å². The van der Waals surface area contributed by atoms with Crippen LogP contribution in [0.15, 0.2) is 12.1 Å². The molecule has 19 heavy (non-hydrogen) atoms. The highest BCUT2D eigenvalue weighted by Crippen LogP contribution is 2.29. The van der Waals surface area contributed by atoms with E-state index in [1.807, 2.05) is 0 Å². The van der Waals surface area contributed by atoms with Crippen molar-refractivity contribution in [2.24, 2.45) is 0 Å². The van der Waals surface area contributed by atoms with Crippen molar-refractivity contribution in [3.8, 4) is 0 Å². The predicted molar refractivity (Wildman–Crippen MR) is 78.9 cm³/mol. The first-order valence-electron chi connectivity index (χ1n) is 6.45. The van der Waals surface area contributed by atoms with E-state index >= 15 is 0 Å². The number of carbonyl (C=O) groups excluding carboxylic acids is 1. The molecule has 0 aliphatic heterocycles. The number of rotatable bonds is 4. The fraction of sp³-hybridized carbons (Fsp3) is 0.615. The van der Waals surface area contributed by atoms with Gasteiger partial charge in [0.1, 0.15) is 5.25 Å². The van der Waals surface area contributed by atoms with Crippen LogP contribution in [0.3, 0.4) is 0 Å². The standard InChI is InChI=1S/C13H17ClO3S2/c1-9(13(15)11-7-8-12(14)18-11)19(16,17)10-5-3-2-4-6-10/h7-10H,2-6H2,1H3. The average molecular weight is 321 g/mol. The molecule has 0 radical (unpaired) electrons. The Morgan fingerprint density at radius 2 is 1.95 bits per heavy atom. The number of ketones is 1. The van der Waals surface area contributed by atoms with Gasteiger partial charge in [0, 0.05) is 0 Å². The quantitative estimate of drug-likeness (QED) is 0.794. The highest BCUT2D eigenvalue weighted by molar-refractivity contribution is 7.93. The molecular formula is C13H17ClO3S2. The molecule has 1 saturated carbocycles. The molecule has 1 atom stereocenters. The number of halogens is 1. The van der Waals surface area contributed by atoms with Gasteiger partial charge in [-0.1, -0.05) is 30.9 Å². The van der Waals surface area contributed by atoms with Crippen LogP contribution in [0.1, 0.15) is 48.7 Å². The van der Waals surface area contributed by atoms with Crippen LogP contribution in [0, 0.1) is 0 Å².